The minimum absolute atomic E-state index is 1.12. The first-order valence-electron chi connectivity index (χ1n) is 13.0. The van der Waals surface area contributed by atoms with Crippen molar-refractivity contribution in [3.05, 3.63) is 0 Å². The molecule has 0 aromatic carbocycles. The lowest BCUT2D eigenvalue weighted by Crippen LogP contribution is -2.08. The first-order valence-corrected chi connectivity index (χ1v) is 13.0. The van der Waals surface area contributed by atoms with Gasteiger partial charge in [-0.15, -0.1) is 0 Å². The van der Waals surface area contributed by atoms with E-state index >= 15 is 0 Å². The van der Waals surface area contributed by atoms with Gasteiger partial charge in [0, 0.05) is 13.1 Å². The second kappa shape index (κ2) is 26.0. The fourth-order valence-electron chi connectivity index (χ4n) is 3.89. The van der Waals surface area contributed by atoms with Gasteiger partial charge in [0.05, 0.1) is 0 Å². The Balaban J connectivity index is 2.95. The predicted molar refractivity (Wildman–Crippen MR) is 125 cm³/mol. The number of rotatable bonds is 24. The third-order valence-electron chi connectivity index (χ3n) is 5.84. The highest BCUT2D eigenvalue weighted by Gasteiger charge is 1.95. The van der Waals surface area contributed by atoms with E-state index < -0.39 is 0 Å². The van der Waals surface area contributed by atoms with Crippen molar-refractivity contribution < 1.29 is 0 Å². The van der Waals surface area contributed by atoms with Gasteiger partial charge in [0.15, 0.2) is 0 Å². The highest BCUT2D eigenvalue weighted by atomic mass is 14.8. The van der Waals surface area contributed by atoms with Crippen molar-refractivity contribution in [2.75, 3.05) is 13.1 Å². The topological polar surface area (TPSA) is 14.1 Å². The maximum Gasteiger partial charge on any atom is 0.0133 e. The van der Waals surface area contributed by atoms with E-state index in [-0.39, 0.29) is 0 Å². The molecule has 0 atom stereocenters. The van der Waals surface area contributed by atoms with E-state index in [0.29, 0.717) is 0 Å². The Labute approximate surface area is 173 Å². The Morgan fingerprint density at radius 3 is 0.778 bits per heavy atom. The van der Waals surface area contributed by atoms with Gasteiger partial charge in [0.2, 0.25) is 0 Å². The van der Waals surface area contributed by atoms with Crippen LogP contribution in [0.3, 0.4) is 0 Å². The van der Waals surface area contributed by atoms with Crippen LogP contribution >= 0.6 is 0 Å². The van der Waals surface area contributed by atoms with Crippen molar-refractivity contribution >= 4 is 0 Å². The van der Waals surface area contributed by atoms with E-state index in [9.17, 15) is 0 Å². The molecule has 0 fully saturated rings. The molecule has 0 spiro atoms. The lowest BCUT2D eigenvalue weighted by atomic mass is 10.1. The lowest BCUT2D eigenvalue weighted by molar-refractivity contribution is 0.519. The fraction of sp³-hybridized carbons (Fsp3) is 1.00. The van der Waals surface area contributed by atoms with Crippen LogP contribution < -0.4 is 5.32 Å². The van der Waals surface area contributed by atoms with Crippen LogP contribution in [0.25, 0.3) is 0 Å². The average molecular weight is 381 g/mol. The first-order chi connectivity index (χ1) is 13.4. The molecular formula is C26H54N. The molecule has 0 amide bonds. The molecule has 1 nitrogen and oxygen atoms in total. The highest BCUT2D eigenvalue weighted by Crippen LogP contribution is 2.12. The minimum atomic E-state index is 1.12. The van der Waals surface area contributed by atoms with Gasteiger partial charge in [0.25, 0.3) is 0 Å². The summed E-state index contributed by atoms with van der Waals surface area (Å²) in [5, 5.41) is 4.72. The third kappa shape index (κ3) is 26.0. The SMILES string of the molecule is CCCCCCCCCCCCC[N]CCCCCCCCCCCCC. The molecule has 0 aromatic heterocycles. The summed E-state index contributed by atoms with van der Waals surface area (Å²) in [6.07, 6.45) is 31.4. The molecule has 1 heteroatoms. The lowest BCUT2D eigenvalue weighted by Gasteiger charge is -2.04. The number of nitrogens with zero attached hydrogens (tertiary/aromatic N) is 1. The van der Waals surface area contributed by atoms with Gasteiger partial charge in [-0.1, -0.05) is 142 Å². The van der Waals surface area contributed by atoms with Crippen LogP contribution in [-0.2, 0) is 0 Å². The van der Waals surface area contributed by atoms with Crippen molar-refractivity contribution in [2.24, 2.45) is 0 Å². The zero-order valence-electron chi connectivity index (χ0n) is 19.4. The summed E-state index contributed by atoms with van der Waals surface area (Å²) in [7, 11) is 0. The second-order valence-corrected chi connectivity index (χ2v) is 8.74. The quantitative estimate of drug-likeness (QED) is 0.148. The molecular weight excluding hydrogens is 326 g/mol. The van der Waals surface area contributed by atoms with Crippen LogP contribution in [0.4, 0.5) is 0 Å². The fourth-order valence-corrected chi connectivity index (χ4v) is 3.89. The van der Waals surface area contributed by atoms with Crippen LogP contribution in [0.2, 0.25) is 0 Å². The van der Waals surface area contributed by atoms with E-state index in [1.165, 1.54) is 141 Å². The molecule has 0 unspecified atom stereocenters. The van der Waals surface area contributed by atoms with E-state index in [4.69, 9.17) is 5.32 Å². The zero-order chi connectivity index (χ0) is 19.7. The van der Waals surface area contributed by atoms with Crippen LogP contribution in [0, 0.1) is 0 Å². The average Bonchev–Trinajstić information content (AvgIpc) is 2.68. The summed E-state index contributed by atoms with van der Waals surface area (Å²) < 4.78 is 0. The second-order valence-electron chi connectivity index (χ2n) is 8.74. The summed E-state index contributed by atoms with van der Waals surface area (Å²) in [6.45, 7) is 6.83. The summed E-state index contributed by atoms with van der Waals surface area (Å²) >= 11 is 0. The van der Waals surface area contributed by atoms with E-state index in [1.807, 2.05) is 0 Å². The standard InChI is InChI=1S/C26H54N/c1-3-5-7-9-11-13-15-17-19-21-23-25-27-26-24-22-20-18-16-14-12-10-8-6-4-2/h3-26H2,1-2H3. The summed E-state index contributed by atoms with van der Waals surface area (Å²) in [4.78, 5) is 0. The van der Waals surface area contributed by atoms with Gasteiger partial charge >= 0.3 is 0 Å². The highest BCUT2D eigenvalue weighted by molar-refractivity contribution is 4.53. The van der Waals surface area contributed by atoms with Crippen molar-refractivity contribution in [1.29, 1.82) is 0 Å². The third-order valence-corrected chi connectivity index (χ3v) is 5.84. The molecule has 0 aliphatic rings. The monoisotopic (exact) mass is 380 g/mol. The number of unbranched alkanes of at least 4 members (excludes halogenated alkanes) is 20. The van der Waals surface area contributed by atoms with Crippen LogP contribution in [0.5, 0.6) is 0 Å². The van der Waals surface area contributed by atoms with Crippen LogP contribution in [0.15, 0.2) is 0 Å². The first kappa shape index (κ1) is 27.0. The van der Waals surface area contributed by atoms with Crippen LogP contribution in [0.1, 0.15) is 155 Å². The Hall–Kier alpha value is -0.0400. The van der Waals surface area contributed by atoms with Gasteiger partial charge in [0.1, 0.15) is 0 Å². The zero-order valence-corrected chi connectivity index (χ0v) is 19.4. The molecule has 163 valence electrons. The molecule has 0 aliphatic heterocycles. The van der Waals surface area contributed by atoms with Gasteiger partial charge in [-0.25, -0.2) is 5.32 Å². The summed E-state index contributed by atoms with van der Waals surface area (Å²) in [5.41, 5.74) is 0. The molecule has 0 N–H and O–H groups in total. The smallest absolute Gasteiger partial charge is 0.0133 e. The molecule has 0 aromatic rings. The van der Waals surface area contributed by atoms with Gasteiger partial charge in [-0.3, -0.25) is 0 Å². The predicted octanol–water partition coefficient (Wildman–Crippen LogP) is 9.21. The Morgan fingerprint density at radius 1 is 0.296 bits per heavy atom. The maximum absolute atomic E-state index is 4.72. The van der Waals surface area contributed by atoms with Crippen molar-refractivity contribution in [3.63, 3.8) is 0 Å². The number of hydrogen-bond donors (Lipinski definition) is 0. The minimum Gasteiger partial charge on any atom is -0.242 e. The van der Waals surface area contributed by atoms with Gasteiger partial charge < -0.3 is 0 Å². The molecule has 0 saturated heterocycles. The maximum atomic E-state index is 4.72. The Kier molecular flexibility index (Phi) is 25.9. The van der Waals surface area contributed by atoms with E-state index in [1.54, 1.807) is 0 Å². The van der Waals surface area contributed by atoms with E-state index in [2.05, 4.69) is 13.8 Å². The van der Waals surface area contributed by atoms with Crippen LogP contribution in [-0.4, -0.2) is 13.1 Å². The van der Waals surface area contributed by atoms with Crippen molar-refractivity contribution in [1.82, 2.24) is 5.32 Å². The summed E-state index contributed by atoms with van der Waals surface area (Å²) in [6, 6.07) is 0. The summed E-state index contributed by atoms with van der Waals surface area (Å²) in [5.74, 6) is 0. The molecule has 0 aliphatic carbocycles. The molecule has 0 heterocycles. The van der Waals surface area contributed by atoms with Gasteiger partial charge in [-0.2, -0.15) is 0 Å². The van der Waals surface area contributed by atoms with Crippen molar-refractivity contribution in [2.45, 2.75) is 155 Å². The van der Waals surface area contributed by atoms with Crippen molar-refractivity contribution in [3.8, 4) is 0 Å². The molecule has 0 rings (SSSR count). The molecule has 0 bridgehead atoms. The van der Waals surface area contributed by atoms with E-state index in [0.717, 1.165) is 13.1 Å². The van der Waals surface area contributed by atoms with Gasteiger partial charge in [-0.05, 0) is 12.8 Å². The molecule has 1 radical (unpaired) electrons. The molecule has 27 heavy (non-hydrogen) atoms. The number of hydrogen-bond acceptors (Lipinski definition) is 0. The normalized spacial score (nSPS) is 11.3. The Bertz CT molecular complexity index is 214. The Morgan fingerprint density at radius 2 is 0.519 bits per heavy atom. The molecule has 0 saturated carbocycles. The largest absolute Gasteiger partial charge is 0.242 e.